The van der Waals surface area contributed by atoms with Gasteiger partial charge in [0, 0.05) is 11.8 Å². The highest BCUT2D eigenvalue weighted by molar-refractivity contribution is 5.54. The fraction of sp³-hybridized carbons (Fsp3) is 0.619. The average molecular weight is 1290 g/mol. The fourth-order valence-corrected chi connectivity index (χ4v) is 13.0. The van der Waals surface area contributed by atoms with Gasteiger partial charge in [0.25, 0.3) is 0 Å². The standard InChI is InChI=1S/C17H20O2.C16H26O2.C14H22O2.C13H20O2.C13H18O2.C11H18/c1-10(2)12-9-13(11(3)4)17-16(12)18-14-7-5-6-8-15(14)19-17;1-10(2)12-7-13(11(3)4)15-14(12)17-8-16(5,6)9-18-15;1-9(2)11-8-12(10(3)4)14-13(11)15-6-5-7-16-14;2*1-8(2)10-7-11(9(3)4)13-12(10)14-5-6-15-13;1-8(2)10-5-6-11(7-10)9(3)4/h5-8,10-11H,9H2,1-4H3;10-11H,7-9H2,1-6H3;9-10H,5-8H2,1-4H3;8-9H,5-7H2,1-4H3;5-6,8-9H,7H2,1-4H3;5-6,8-9H,7H2,1-4H3. The maximum atomic E-state index is 6.11. The molecule has 1 aromatic carbocycles. The molecule has 0 unspecified atom stereocenters. The summed E-state index contributed by atoms with van der Waals surface area (Å²) in [7, 11) is 0. The molecular weight excluding hydrogens is 1170 g/mol. The maximum Gasteiger partial charge on any atom is 0.170 e. The fourth-order valence-electron chi connectivity index (χ4n) is 13.0. The monoisotopic (exact) mass is 1290 g/mol. The minimum atomic E-state index is 0.0918. The van der Waals surface area contributed by atoms with Crippen molar-refractivity contribution in [3.63, 3.8) is 0 Å². The molecule has 94 heavy (non-hydrogen) atoms. The van der Waals surface area contributed by atoms with Crippen LogP contribution < -0.4 is 9.47 Å². The number of ether oxygens (including phenoxy) is 10. The lowest BCUT2D eigenvalue weighted by Crippen LogP contribution is -2.22. The van der Waals surface area contributed by atoms with Crippen molar-refractivity contribution in [3.8, 4) is 11.5 Å². The first-order valence-corrected chi connectivity index (χ1v) is 36.2. The van der Waals surface area contributed by atoms with Gasteiger partial charge in [-0.05, 0) is 177 Å². The van der Waals surface area contributed by atoms with Gasteiger partial charge in [-0.1, -0.05) is 215 Å². The molecule has 5 aliphatic heterocycles. The lowest BCUT2D eigenvalue weighted by atomic mass is 9.94. The van der Waals surface area contributed by atoms with Gasteiger partial charge in [-0.2, -0.15) is 0 Å². The Balaban J connectivity index is 0.000000161. The van der Waals surface area contributed by atoms with Crippen molar-refractivity contribution in [3.05, 3.63) is 173 Å². The van der Waals surface area contributed by atoms with Crippen LogP contribution in [0.1, 0.15) is 225 Å². The minimum absolute atomic E-state index is 0.0918. The van der Waals surface area contributed by atoms with Crippen LogP contribution in [0.15, 0.2) is 173 Å². The summed E-state index contributed by atoms with van der Waals surface area (Å²) in [4.78, 5) is 0. The lowest BCUT2D eigenvalue weighted by molar-refractivity contribution is 0.0574. The van der Waals surface area contributed by atoms with E-state index in [1.54, 1.807) is 23.7 Å². The zero-order valence-corrected chi connectivity index (χ0v) is 63.3. The first-order valence-electron chi connectivity index (χ1n) is 36.2. The van der Waals surface area contributed by atoms with Crippen molar-refractivity contribution in [2.24, 2.45) is 76.4 Å². The van der Waals surface area contributed by atoms with E-state index >= 15 is 0 Å². The van der Waals surface area contributed by atoms with Gasteiger partial charge in [0.15, 0.2) is 69.1 Å². The first-order chi connectivity index (χ1) is 44.3. The van der Waals surface area contributed by atoms with E-state index in [4.69, 9.17) is 47.4 Å². The van der Waals surface area contributed by atoms with Gasteiger partial charge in [-0.25, -0.2) is 0 Å². The smallest absolute Gasteiger partial charge is 0.170 e. The van der Waals surface area contributed by atoms with Crippen molar-refractivity contribution in [1.29, 1.82) is 0 Å². The van der Waals surface area contributed by atoms with Crippen LogP contribution in [0, 0.1) is 76.4 Å². The molecular formula is C84H124O10. The summed E-state index contributed by atoms with van der Waals surface area (Å²) in [5.74, 6) is 18.4. The van der Waals surface area contributed by atoms with Crippen LogP contribution in [0.5, 0.6) is 11.5 Å². The molecule has 11 aliphatic rings. The highest BCUT2D eigenvalue weighted by atomic mass is 16.6. The summed E-state index contributed by atoms with van der Waals surface area (Å²) in [6.07, 6.45) is 15.1. The van der Waals surface area contributed by atoms with Crippen LogP contribution in [0.3, 0.4) is 0 Å². The summed E-state index contributed by atoms with van der Waals surface area (Å²) in [6, 6.07) is 7.88. The van der Waals surface area contributed by atoms with E-state index in [0.717, 1.165) is 146 Å². The third-order valence-corrected chi connectivity index (χ3v) is 19.5. The minimum Gasteiger partial charge on any atom is -0.490 e. The van der Waals surface area contributed by atoms with Crippen LogP contribution in [-0.2, 0) is 37.9 Å². The molecule has 0 spiro atoms. The van der Waals surface area contributed by atoms with E-state index in [9.17, 15) is 0 Å². The molecule has 6 aliphatic carbocycles. The predicted octanol–water partition coefficient (Wildman–Crippen LogP) is 23.2. The van der Waals surface area contributed by atoms with E-state index < -0.39 is 0 Å². The highest BCUT2D eigenvalue weighted by Crippen LogP contribution is 2.49. The predicted molar refractivity (Wildman–Crippen MR) is 385 cm³/mol. The molecule has 0 aromatic heterocycles. The summed E-state index contributed by atoms with van der Waals surface area (Å²) >= 11 is 0. The molecule has 3 saturated heterocycles. The number of rotatable bonds is 12. The number of fused-ring (bicyclic) bond motifs is 6. The van der Waals surface area contributed by atoms with Crippen LogP contribution in [0.25, 0.3) is 0 Å². The molecule has 1 aromatic rings. The number of allylic oxidation sites excluding steroid dienone is 14. The van der Waals surface area contributed by atoms with Gasteiger partial charge in [0.1, 0.15) is 25.7 Å². The average Bonchev–Trinajstić information content (AvgIpc) is 1.70. The SMILES string of the molecule is CC(C)C1=C2OC=COC2=C(C(C)C)C1.CC(C)C1=C2OCC(C)(C)COC2=C(C(C)C)C1.CC(C)C1=C2OCCCOC2=C(C(C)C)C1.CC(C)C1=C2OCCOC2=C(C(C)C)C1.CC(C)C1=C2Oc3ccccc3OC2=C(C(C)C)C1.CC(C)C1=CC=C(C(C)C)C1. The summed E-state index contributed by atoms with van der Waals surface area (Å²) in [5.41, 5.74) is 17.2. The molecule has 3 fully saturated rings. The second-order valence-electron chi connectivity index (χ2n) is 31.6. The largest absolute Gasteiger partial charge is 0.490 e. The molecule has 10 heteroatoms. The van der Waals surface area contributed by atoms with Crippen molar-refractivity contribution >= 4 is 0 Å². The van der Waals surface area contributed by atoms with Crippen molar-refractivity contribution in [2.75, 3.05) is 39.6 Å². The van der Waals surface area contributed by atoms with Gasteiger partial charge in [0.2, 0.25) is 0 Å². The van der Waals surface area contributed by atoms with E-state index in [1.807, 2.05) is 24.3 Å². The van der Waals surface area contributed by atoms with Crippen molar-refractivity contribution < 1.29 is 47.4 Å². The summed E-state index contributed by atoms with van der Waals surface area (Å²) in [5, 5.41) is 0. The Kier molecular flexibility index (Phi) is 26.6. The van der Waals surface area contributed by atoms with Crippen molar-refractivity contribution in [1.82, 2.24) is 0 Å². The van der Waals surface area contributed by atoms with Gasteiger partial charge in [0.05, 0.1) is 26.4 Å². The van der Waals surface area contributed by atoms with E-state index in [-0.39, 0.29) is 5.41 Å². The van der Waals surface area contributed by atoms with Crippen LogP contribution in [0.4, 0.5) is 0 Å². The lowest BCUT2D eigenvalue weighted by Gasteiger charge is -2.23. The van der Waals surface area contributed by atoms with Crippen LogP contribution >= 0.6 is 0 Å². The van der Waals surface area contributed by atoms with Crippen LogP contribution in [0.2, 0.25) is 0 Å². The Morgan fingerprint density at radius 1 is 0.277 bits per heavy atom. The number of hydrogen-bond acceptors (Lipinski definition) is 10. The topological polar surface area (TPSA) is 92.3 Å². The zero-order chi connectivity index (χ0) is 69.2. The number of hydrogen-bond donors (Lipinski definition) is 0. The first kappa shape index (κ1) is 75.2. The summed E-state index contributed by atoms with van der Waals surface area (Å²) < 4.78 is 58.8. The third kappa shape index (κ3) is 18.3. The molecule has 0 saturated carbocycles. The molecule has 12 rings (SSSR count). The Hall–Kier alpha value is -6.16. The Morgan fingerprint density at radius 3 is 0.777 bits per heavy atom. The van der Waals surface area contributed by atoms with E-state index in [1.165, 1.54) is 62.2 Å². The van der Waals surface area contributed by atoms with Gasteiger partial charge >= 0.3 is 0 Å². The quantitative estimate of drug-likeness (QED) is 0.201. The Labute approximate surface area is 570 Å². The molecule has 520 valence electrons. The second-order valence-corrected chi connectivity index (χ2v) is 31.6. The van der Waals surface area contributed by atoms with Gasteiger partial charge < -0.3 is 47.4 Å². The molecule has 0 amide bonds. The van der Waals surface area contributed by atoms with E-state index in [0.29, 0.717) is 72.4 Å². The third-order valence-electron chi connectivity index (χ3n) is 19.5. The Morgan fingerprint density at radius 2 is 0.521 bits per heavy atom. The van der Waals surface area contributed by atoms with Crippen LogP contribution in [-0.4, -0.2) is 39.6 Å². The summed E-state index contributed by atoms with van der Waals surface area (Å²) in [6.45, 7) is 62.4. The molecule has 0 radical (unpaired) electrons. The van der Waals surface area contributed by atoms with Gasteiger partial charge in [-0.3, -0.25) is 0 Å². The van der Waals surface area contributed by atoms with Crippen molar-refractivity contribution in [2.45, 2.75) is 225 Å². The van der Waals surface area contributed by atoms with E-state index in [2.05, 4.69) is 192 Å². The molecule has 10 nitrogen and oxygen atoms in total. The molecule has 0 bridgehead atoms. The van der Waals surface area contributed by atoms with Gasteiger partial charge in [-0.15, -0.1) is 0 Å². The maximum absolute atomic E-state index is 6.11. The number of benzene rings is 1. The Bertz CT molecular complexity index is 3080. The zero-order valence-electron chi connectivity index (χ0n) is 63.3. The highest BCUT2D eigenvalue weighted by Gasteiger charge is 2.39. The normalized spacial score (nSPS) is 20.1. The molecule has 0 atom stereocenters. The second kappa shape index (κ2) is 33.2. The number of para-hydroxylation sites is 2. The molecule has 5 heterocycles. The molecule has 0 N–H and O–H groups in total.